The third kappa shape index (κ3) is 1.13. The maximum atomic E-state index is 10.8. The van der Waals surface area contributed by atoms with Gasteiger partial charge in [0.15, 0.2) is 0 Å². The van der Waals surface area contributed by atoms with Crippen molar-refractivity contribution in [3.8, 4) is 0 Å². The van der Waals surface area contributed by atoms with Crippen molar-refractivity contribution in [3.05, 3.63) is 0 Å². The molecule has 0 amide bonds. The van der Waals surface area contributed by atoms with Crippen LogP contribution in [0.3, 0.4) is 0 Å². The Bertz CT molecular complexity index is 212. The fraction of sp³-hybridized carbons (Fsp3) is 0.900. The number of esters is 1. The van der Waals surface area contributed by atoms with E-state index in [1.165, 1.54) is 26.2 Å². The first kappa shape index (κ1) is 8.09. The van der Waals surface area contributed by atoms with E-state index in [9.17, 15) is 4.79 Å². The monoisotopic (exact) mass is 168 g/mol. The van der Waals surface area contributed by atoms with E-state index in [0.29, 0.717) is 5.41 Å². The van der Waals surface area contributed by atoms with Crippen LogP contribution < -0.4 is 0 Å². The molecule has 3 atom stereocenters. The first-order valence-electron chi connectivity index (χ1n) is 4.77. The van der Waals surface area contributed by atoms with E-state index in [-0.39, 0.29) is 12.1 Å². The molecule has 0 aromatic carbocycles. The number of carbonyl (C=O) groups is 1. The molecule has 0 radical (unpaired) electrons. The van der Waals surface area contributed by atoms with Crippen LogP contribution >= 0.6 is 0 Å². The average Bonchev–Trinajstić information content (AvgIpc) is 2.42. The molecule has 2 saturated carbocycles. The zero-order valence-corrected chi connectivity index (χ0v) is 7.80. The number of hydrogen-bond acceptors (Lipinski definition) is 2. The summed E-state index contributed by atoms with van der Waals surface area (Å²) in [7, 11) is 0. The van der Waals surface area contributed by atoms with Crippen LogP contribution in [0.15, 0.2) is 0 Å². The molecule has 0 aliphatic heterocycles. The average molecular weight is 168 g/mol. The molecule has 0 N–H and O–H groups in total. The predicted octanol–water partition coefficient (Wildman–Crippen LogP) is 2.13. The molecule has 0 aromatic rings. The molecule has 2 fully saturated rings. The summed E-state index contributed by atoms with van der Waals surface area (Å²) in [6.07, 6.45) is 5.18. The second-order valence-corrected chi connectivity index (χ2v) is 4.60. The molecule has 2 rings (SSSR count). The zero-order valence-electron chi connectivity index (χ0n) is 7.80. The van der Waals surface area contributed by atoms with E-state index >= 15 is 0 Å². The molecule has 0 spiro atoms. The van der Waals surface area contributed by atoms with Crippen molar-refractivity contribution in [1.29, 1.82) is 0 Å². The van der Waals surface area contributed by atoms with E-state index in [0.717, 1.165) is 12.3 Å². The van der Waals surface area contributed by atoms with Gasteiger partial charge in [0.05, 0.1) is 0 Å². The SMILES string of the molecule is CC(=O)O[C@H]1C[C@@H]2CC[C@@]1(C)C2. The smallest absolute Gasteiger partial charge is 0.302 e. The molecular formula is C10H16O2. The summed E-state index contributed by atoms with van der Waals surface area (Å²) in [5.41, 5.74) is 0.316. The number of hydrogen-bond donors (Lipinski definition) is 0. The Balaban J connectivity index is 2.05. The minimum Gasteiger partial charge on any atom is -0.462 e. The minimum atomic E-state index is -0.117. The quantitative estimate of drug-likeness (QED) is 0.561. The Morgan fingerprint density at radius 1 is 1.58 bits per heavy atom. The van der Waals surface area contributed by atoms with Gasteiger partial charge in [0.25, 0.3) is 0 Å². The van der Waals surface area contributed by atoms with Gasteiger partial charge in [0.1, 0.15) is 6.10 Å². The van der Waals surface area contributed by atoms with Gasteiger partial charge in [-0.15, -0.1) is 0 Å². The summed E-state index contributed by atoms with van der Waals surface area (Å²) >= 11 is 0. The number of rotatable bonds is 1. The third-order valence-corrected chi connectivity index (χ3v) is 3.51. The summed E-state index contributed by atoms with van der Waals surface area (Å²) < 4.78 is 5.31. The predicted molar refractivity (Wildman–Crippen MR) is 45.6 cm³/mol. The van der Waals surface area contributed by atoms with Crippen LogP contribution in [0.25, 0.3) is 0 Å². The van der Waals surface area contributed by atoms with Gasteiger partial charge in [0.2, 0.25) is 0 Å². The molecule has 12 heavy (non-hydrogen) atoms. The van der Waals surface area contributed by atoms with Crippen LogP contribution in [0.4, 0.5) is 0 Å². The summed E-state index contributed by atoms with van der Waals surface area (Å²) in [4.78, 5) is 10.8. The molecular weight excluding hydrogens is 152 g/mol. The zero-order chi connectivity index (χ0) is 8.77. The van der Waals surface area contributed by atoms with Gasteiger partial charge in [-0.2, -0.15) is 0 Å². The van der Waals surface area contributed by atoms with Crippen molar-refractivity contribution in [1.82, 2.24) is 0 Å². The highest BCUT2D eigenvalue weighted by Crippen LogP contribution is 2.54. The Morgan fingerprint density at radius 2 is 2.33 bits per heavy atom. The summed E-state index contributed by atoms with van der Waals surface area (Å²) in [6, 6.07) is 0. The highest BCUT2D eigenvalue weighted by molar-refractivity contribution is 5.66. The van der Waals surface area contributed by atoms with Gasteiger partial charge < -0.3 is 4.74 Å². The second-order valence-electron chi connectivity index (χ2n) is 4.60. The molecule has 0 aromatic heterocycles. The maximum Gasteiger partial charge on any atom is 0.302 e. The van der Waals surface area contributed by atoms with Gasteiger partial charge >= 0.3 is 5.97 Å². The lowest BCUT2D eigenvalue weighted by molar-refractivity contribution is -0.152. The summed E-state index contributed by atoms with van der Waals surface area (Å²) in [5.74, 6) is 0.716. The molecule has 0 saturated heterocycles. The Morgan fingerprint density at radius 3 is 2.75 bits per heavy atom. The number of fused-ring (bicyclic) bond motifs is 2. The van der Waals surface area contributed by atoms with Crippen molar-refractivity contribution < 1.29 is 9.53 Å². The molecule has 2 aliphatic carbocycles. The molecule has 2 nitrogen and oxygen atoms in total. The summed E-state index contributed by atoms with van der Waals surface area (Å²) in [6.45, 7) is 3.77. The van der Waals surface area contributed by atoms with Gasteiger partial charge in [-0.05, 0) is 31.6 Å². The topological polar surface area (TPSA) is 26.3 Å². The highest BCUT2D eigenvalue weighted by Gasteiger charge is 2.50. The lowest BCUT2D eigenvalue weighted by atomic mass is 9.84. The normalized spacial score (nSPS) is 44.8. The molecule has 2 bridgehead atoms. The van der Waals surface area contributed by atoms with Crippen LogP contribution in [-0.4, -0.2) is 12.1 Å². The summed E-state index contributed by atoms with van der Waals surface area (Å²) in [5, 5.41) is 0. The number of carbonyl (C=O) groups excluding carboxylic acids is 1. The van der Waals surface area contributed by atoms with Crippen LogP contribution in [0, 0.1) is 11.3 Å². The van der Waals surface area contributed by atoms with E-state index in [2.05, 4.69) is 6.92 Å². The van der Waals surface area contributed by atoms with Crippen molar-refractivity contribution in [2.45, 2.75) is 45.6 Å². The van der Waals surface area contributed by atoms with Gasteiger partial charge in [-0.1, -0.05) is 6.92 Å². The fourth-order valence-corrected chi connectivity index (χ4v) is 2.87. The van der Waals surface area contributed by atoms with Crippen LogP contribution in [0.2, 0.25) is 0 Å². The fourth-order valence-electron chi connectivity index (χ4n) is 2.87. The maximum absolute atomic E-state index is 10.8. The highest BCUT2D eigenvalue weighted by atomic mass is 16.5. The Kier molecular flexibility index (Phi) is 1.67. The van der Waals surface area contributed by atoms with Crippen molar-refractivity contribution in [3.63, 3.8) is 0 Å². The molecule has 2 aliphatic rings. The molecule has 0 heterocycles. The Labute approximate surface area is 73.3 Å². The van der Waals surface area contributed by atoms with E-state index in [1.807, 2.05) is 0 Å². The lowest BCUT2D eigenvalue weighted by Crippen LogP contribution is -2.31. The van der Waals surface area contributed by atoms with E-state index in [1.54, 1.807) is 0 Å². The Hall–Kier alpha value is -0.530. The van der Waals surface area contributed by atoms with Crippen LogP contribution in [0.5, 0.6) is 0 Å². The van der Waals surface area contributed by atoms with E-state index in [4.69, 9.17) is 4.74 Å². The largest absolute Gasteiger partial charge is 0.462 e. The van der Waals surface area contributed by atoms with Crippen molar-refractivity contribution in [2.24, 2.45) is 11.3 Å². The van der Waals surface area contributed by atoms with Crippen molar-refractivity contribution >= 4 is 5.97 Å². The third-order valence-electron chi connectivity index (χ3n) is 3.51. The molecule has 68 valence electrons. The van der Waals surface area contributed by atoms with Gasteiger partial charge in [-0.3, -0.25) is 4.79 Å². The van der Waals surface area contributed by atoms with Crippen molar-refractivity contribution in [2.75, 3.05) is 0 Å². The second kappa shape index (κ2) is 2.48. The minimum absolute atomic E-state index is 0.117. The van der Waals surface area contributed by atoms with Crippen LogP contribution in [0.1, 0.15) is 39.5 Å². The van der Waals surface area contributed by atoms with Gasteiger partial charge in [0, 0.05) is 12.3 Å². The lowest BCUT2D eigenvalue weighted by Gasteiger charge is -2.30. The van der Waals surface area contributed by atoms with E-state index < -0.39 is 0 Å². The first-order chi connectivity index (χ1) is 5.60. The van der Waals surface area contributed by atoms with Crippen LogP contribution in [-0.2, 0) is 9.53 Å². The number of ether oxygens (including phenoxy) is 1. The first-order valence-corrected chi connectivity index (χ1v) is 4.77. The molecule has 0 unspecified atom stereocenters. The molecule has 2 heteroatoms. The van der Waals surface area contributed by atoms with Gasteiger partial charge in [-0.25, -0.2) is 0 Å². The standard InChI is InChI=1S/C10H16O2/c1-7(11)12-9-5-8-3-4-10(9,2)6-8/h8-9H,3-6H2,1-2H3/t8-,9-,10-/m0/s1.